The molecule has 11 heterocycles. The number of amides is 5. The van der Waals surface area contributed by atoms with Crippen LogP contribution in [0.5, 0.6) is 5.75 Å². The lowest BCUT2D eigenvalue weighted by Crippen LogP contribution is -2.62. The fraction of sp³-hybridized carbons (Fsp3) is 0.393. The van der Waals surface area contributed by atoms with Gasteiger partial charge in [-0.2, -0.15) is 4.73 Å². The Kier molecular flexibility index (Phi) is 19.4. The standard InChI is InChI=1S/C61H63N13O18S5/c1-23(14-75)62-49(78)32-20-96-57(67-32)43-37(77)12-28-42(69-43)31-18-94-55(64-31)30-17-90-59(83)45-29-16-88-46(47(92-38-13-61(5,85)48(73(6)7)26(4)91-38)60(84)89-15-27-10-9-11-36(39(27)29)74(45)86)44(58-68-33(21-97-58)50(79)63-30)72-52(81)35-22-95-56(66-35)41(25(3)87-8)71-53(82)40(24(2)76)70-51(80)34-19-93-54(28)65-34/h9-12,18-24,26,30,38,40,44,46-48,75-77,85-86H,13-17H2,1-8H3,(H,62,78)(H,63,79)(H,70,80)(H,71,82)(H,72,81)/b41-25+. The van der Waals surface area contributed by atoms with Crippen LogP contribution in [0, 0.1) is 0 Å². The Morgan fingerprint density at radius 2 is 1.52 bits per heavy atom. The van der Waals surface area contributed by atoms with Gasteiger partial charge >= 0.3 is 11.9 Å². The molecule has 12 rings (SSSR count). The number of nitrogens with one attached hydrogen (secondary N) is 5. The summed E-state index contributed by atoms with van der Waals surface area (Å²) in [6, 6.07) is 0.136. The highest BCUT2D eigenvalue weighted by Gasteiger charge is 2.50. The molecule has 8 aromatic rings. The summed E-state index contributed by atoms with van der Waals surface area (Å²) in [4.78, 5) is 132. The van der Waals surface area contributed by atoms with E-state index in [-0.39, 0.29) is 111 Å². The van der Waals surface area contributed by atoms with E-state index in [1.54, 1.807) is 57.3 Å². The lowest BCUT2D eigenvalue weighted by molar-refractivity contribution is -0.280. The van der Waals surface area contributed by atoms with E-state index >= 15 is 14.4 Å². The second-order valence-electron chi connectivity index (χ2n) is 23.6. The van der Waals surface area contributed by atoms with E-state index in [1.807, 2.05) is 0 Å². The molecule has 0 saturated carbocycles. The van der Waals surface area contributed by atoms with Crippen molar-refractivity contribution in [2.24, 2.45) is 0 Å². The lowest BCUT2D eigenvalue weighted by atomic mass is 9.85. The highest BCUT2D eigenvalue weighted by molar-refractivity contribution is 7.14. The maximum Gasteiger partial charge on any atom is 0.358 e. The van der Waals surface area contributed by atoms with Crippen LogP contribution >= 0.6 is 56.7 Å². The van der Waals surface area contributed by atoms with Gasteiger partial charge in [0.1, 0.15) is 120 Å². The summed E-state index contributed by atoms with van der Waals surface area (Å²) in [7, 11) is 4.85. The number of allylic oxidation sites excluding steroid dienone is 1. The van der Waals surface area contributed by atoms with Crippen molar-refractivity contribution < 1.29 is 87.6 Å². The number of ether oxygens (including phenoxy) is 6. The number of fused-ring (bicyclic) bond motifs is 15. The Morgan fingerprint density at radius 3 is 2.24 bits per heavy atom. The largest absolute Gasteiger partial charge is 0.506 e. The normalized spacial score (nSPS) is 24.6. The first-order chi connectivity index (χ1) is 46.3. The van der Waals surface area contributed by atoms with Crippen LogP contribution < -0.4 is 26.6 Å². The minimum Gasteiger partial charge on any atom is -0.506 e. The Bertz CT molecular complexity index is 4460. The van der Waals surface area contributed by atoms with Crippen LogP contribution in [0.4, 0.5) is 0 Å². The van der Waals surface area contributed by atoms with E-state index in [9.17, 15) is 44.8 Å². The van der Waals surface area contributed by atoms with Gasteiger partial charge in [-0.1, -0.05) is 12.1 Å². The number of cyclic esters (lactones) is 2. The molecule has 12 bridgehead atoms. The summed E-state index contributed by atoms with van der Waals surface area (Å²) in [6.07, 6.45) is -7.50. The van der Waals surface area contributed by atoms with Gasteiger partial charge in [0.15, 0.2) is 18.1 Å². The molecule has 11 unspecified atom stereocenters. The molecule has 10 N–H and O–H groups in total. The number of hydrogen-bond donors (Lipinski definition) is 10. The number of methoxy groups -OCH3 is 1. The van der Waals surface area contributed by atoms with Crippen LogP contribution in [0.25, 0.3) is 49.3 Å². The fourth-order valence-corrected chi connectivity index (χ4v) is 16.0. The molecular weight excluding hydrogens is 1360 g/mol. The summed E-state index contributed by atoms with van der Waals surface area (Å²) >= 11 is 4.61. The third-order valence-corrected chi connectivity index (χ3v) is 20.9. The van der Waals surface area contributed by atoms with Gasteiger partial charge in [0.2, 0.25) is 5.91 Å². The second kappa shape index (κ2) is 27.6. The molecule has 36 heteroatoms. The summed E-state index contributed by atoms with van der Waals surface area (Å²) in [6.45, 7) is 5.54. The summed E-state index contributed by atoms with van der Waals surface area (Å²) < 4.78 is 38.2. The third kappa shape index (κ3) is 13.5. The van der Waals surface area contributed by atoms with Crippen molar-refractivity contribution in [3.8, 4) is 38.4 Å². The van der Waals surface area contributed by atoms with Gasteiger partial charge in [0, 0.05) is 55.9 Å². The van der Waals surface area contributed by atoms with Gasteiger partial charge in [-0.15, -0.1) is 56.7 Å². The Morgan fingerprint density at radius 1 is 0.845 bits per heavy atom. The molecule has 5 amide bonds. The maximum atomic E-state index is 15.2. The zero-order valence-corrected chi connectivity index (χ0v) is 56.7. The smallest absolute Gasteiger partial charge is 0.358 e. The first-order valence-corrected chi connectivity index (χ1v) is 34.3. The van der Waals surface area contributed by atoms with Crippen LogP contribution in [0.15, 0.2) is 56.9 Å². The number of aromatic hydroxyl groups is 1. The lowest BCUT2D eigenvalue weighted by Gasteiger charge is -2.48. The average molecular weight is 1430 g/mol. The molecule has 1 aromatic carbocycles. The van der Waals surface area contributed by atoms with E-state index in [1.165, 1.54) is 54.6 Å². The fourth-order valence-electron chi connectivity index (χ4n) is 11.8. The second-order valence-corrected chi connectivity index (χ2v) is 27.9. The zero-order chi connectivity index (χ0) is 69.0. The number of hydrogen-bond acceptors (Lipinski definition) is 30. The first-order valence-electron chi connectivity index (χ1n) is 29.9. The van der Waals surface area contributed by atoms with Gasteiger partial charge in [-0.3, -0.25) is 24.0 Å². The number of esters is 2. The molecule has 1 fully saturated rings. The Hall–Kier alpha value is -8.79. The predicted octanol–water partition coefficient (Wildman–Crippen LogP) is 4.27. The molecule has 31 nitrogen and oxygen atoms in total. The van der Waals surface area contributed by atoms with E-state index in [0.29, 0.717) is 10.3 Å². The van der Waals surface area contributed by atoms with Crippen molar-refractivity contribution in [2.75, 3.05) is 34.4 Å². The Labute approximate surface area is 570 Å². The molecule has 11 atom stereocenters. The maximum absolute atomic E-state index is 15.2. The number of thiazole rings is 5. The number of aromatic nitrogens is 7. The number of rotatable bonds is 9. The highest BCUT2D eigenvalue weighted by Crippen LogP contribution is 2.43. The molecule has 0 spiro atoms. The minimum absolute atomic E-state index is 0.00932. The van der Waals surface area contributed by atoms with E-state index < -0.39 is 139 Å². The number of benzene rings is 1. The number of aliphatic hydroxyl groups excluding tert-OH is 2. The summed E-state index contributed by atoms with van der Waals surface area (Å²) in [5, 5.41) is 77.8. The quantitative estimate of drug-likeness (QED) is 0.0548. The minimum atomic E-state index is -1.91. The van der Waals surface area contributed by atoms with Crippen molar-refractivity contribution in [1.82, 2.24) is 66.1 Å². The number of nitrogens with zero attached hydrogens (tertiary/aromatic N) is 8. The highest BCUT2D eigenvalue weighted by atomic mass is 32.1. The van der Waals surface area contributed by atoms with Crippen molar-refractivity contribution in [1.29, 1.82) is 0 Å². The van der Waals surface area contributed by atoms with E-state index in [2.05, 4.69) is 41.5 Å². The molecule has 510 valence electrons. The molecular formula is C61H63N13O18S5. The Balaban J connectivity index is 1.04. The van der Waals surface area contributed by atoms with Gasteiger partial charge in [0.25, 0.3) is 23.6 Å². The van der Waals surface area contributed by atoms with Gasteiger partial charge in [-0.25, -0.2) is 39.5 Å². The molecule has 7 aromatic heterocycles. The number of pyridine rings is 1. The van der Waals surface area contributed by atoms with E-state index in [0.717, 1.165) is 56.7 Å². The van der Waals surface area contributed by atoms with Crippen LogP contribution in [-0.2, 0) is 51.2 Å². The number of likely N-dealkylation sites (N-methyl/N-ethyl adjacent to an activating group) is 1. The molecule has 0 radical (unpaired) electrons. The number of carbonyl (C=O) groups excluding carboxylic acids is 7. The third-order valence-electron chi connectivity index (χ3n) is 16.4. The van der Waals surface area contributed by atoms with Crippen LogP contribution in [-0.4, -0.2) is 195 Å². The van der Waals surface area contributed by atoms with Gasteiger partial charge in [0.05, 0.1) is 49.7 Å². The van der Waals surface area contributed by atoms with Crippen LogP contribution in [0.2, 0.25) is 0 Å². The molecule has 0 aliphatic carbocycles. The number of aliphatic hydroxyl groups is 3. The van der Waals surface area contributed by atoms with Crippen LogP contribution in [0.3, 0.4) is 0 Å². The molecule has 4 aliphatic heterocycles. The topological polar surface area (TPSA) is 422 Å². The number of carbonyl (C=O) groups is 7. The van der Waals surface area contributed by atoms with Crippen molar-refractivity contribution in [3.05, 3.63) is 112 Å². The monoisotopic (exact) mass is 1430 g/mol. The van der Waals surface area contributed by atoms with E-state index in [4.69, 9.17) is 43.4 Å². The summed E-state index contributed by atoms with van der Waals surface area (Å²) in [5.74, 6) is -6.89. The molecule has 1 saturated heterocycles. The zero-order valence-electron chi connectivity index (χ0n) is 52.7. The van der Waals surface area contributed by atoms with Crippen molar-refractivity contribution in [3.63, 3.8) is 0 Å². The van der Waals surface area contributed by atoms with Gasteiger partial charge in [-0.05, 0) is 66.4 Å². The van der Waals surface area contributed by atoms with Gasteiger partial charge < -0.3 is 85.5 Å². The average Bonchev–Trinajstić information content (AvgIpc) is 0.939. The first kappa shape index (κ1) is 68.2. The predicted molar refractivity (Wildman–Crippen MR) is 348 cm³/mol. The molecule has 97 heavy (non-hydrogen) atoms. The SMILES string of the molecule is CO/C(C)=C1/NC(=O)C(C(C)O)NC(=O)c2csc(n2)-c2cc(O)c(-c3nc(C(=O)NC(C)CO)cs3)nc2-c2csc(n2)C2COC(=O)c3c4c5c(cccc5n3O)COC(=O)C(OC3CC(C)(O)C(N(C)C)C(C)O3)C(OC4)C(NC(=O)c3csc1n3)c1nc(cs1)C(=O)N2. The van der Waals surface area contributed by atoms with Crippen molar-refractivity contribution >= 4 is 115 Å². The van der Waals surface area contributed by atoms with Crippen LogP contribution in [0.1, 0.15) is 132 Å². The summed E-state index contributed by atoms with van der Waals surface area (Å²) in [5.41, 5.74) is -2.42. The van der Waals surface area contributed by atoms with Crippen molar-refractivity contribution in [2.45, 2.75) is 121 Å². The molecule has 4 aliphatic rings.